The van der Waals surface area contributed by atoms with Crippen molar-refractivity contribution < 1.29 is 17.6 Å². The largest absolute Gasteiger partial charge is 0.383 e. The van der Waals surface area contributed by atoms with Gasteiger partial charge in [-0.3, -0.25) is 9.79 Å². The first-order valence-electron chi connectivity index (χ1n) is 12.7. The summed E-state index contributed by atoms with van der Waals surface area (Å²) in [5.74, 6) is -0.756. The maximum absolute atomic E-state index is 13.4. The highest BCUT2D eigenvalue weighted by Crippen LogP contribution is 2.25. The summed E-state index contributed by atoms with van der Waals surface area (Å²) in [7, 11) is -3.69. The van der Waals surface area contributed by atoms with Crippen molar-refractivity contribution in [1.82, 2.24) is 19.2 Å². The number of aliphatic imine (C=N–C) groups is 1. The molecule has 4 rings (SSSR count). The Kier molecular flexibility index (Phi) is 8.97. The Bertz CT molecular complexity index is 1480. The van der Waals surface area contributed by atoms with E-state index in [0.29, 0.717) is 38.4 Å². The average molecular weight is 569 g/mol. The molecule has 0 aliphatic carbocycles. The van der Waals surface area contributed by atoms with Crippen molar-refractivity contribution in [3.05, 3.63) is 78.3 Å². The molecular formula is C27H33FN8O3S. The van der Waals surface area contributed by atoms with E-state index in [1.807, 2.05) is 30.5 Å². The fourth-order valence-electron chi connectivity index (χ4n) is 4.43. The van der Waals surface area contributed by atoms with Gasteiger partial charge in [0.2, 0.25) is 0 Å². The third-order valence-corrected chi connectivity index (χ3v) is 7.66. The summed E-state index contributed by atoms with van der Waals surface area (Å²) in [4.78, 5) is 23.3. The lowest BCUT2D eigenvalue weighted by atomic mass is 10.1. The van der Waals surface area contributed by atoms with Gasteiger partial charge in [-0.05, 0) is 69.1 Å². The molecule has 212 valence electrons. The van der Waals surface area contributed by atoms with Gasteiger partial charge in [-0.25, -0.2) is 14.5 Å². The lowest BCUT2D eigenvalue weighted by Gasteiger charge is -2.34. The third kappa shape index (κ3) is 6.92. The standard InChI is InChI=1S/C27H33FN8O3S/c1-19(2)36-18-32-26(20-4-6-21(28)7-5-20)25(36)17-31-16-24(30-3)27(37)33-22-8-10-23(11-9-22)34-12-14-35(15-13-34)40(29,38)39/h4-11,16,18-19,31H,3,12-15,17H2,1-2H3,(H,33,37)(H2,29,38,39)/b24-16-. The zero-order chi connectivity index (χ0) is 28.9. The van der Waals surface area contributed by atoms with E-state index < -0.39 is 16.1 Å². The predicted octanol–water partition coefficient (Wildman–Crippen LogP) is 2.87. The zero-order valence-corrected chi connectivity index (χ0v) is 23.2. The van der Waals surface area contributed by atoms with Gasteiger partial charge in [0, 0.05) is 55.4 Å². The fraction of sp³-hybridized carbons (Fsp3) is 0.296. The number of anilines is 2. The smallest absolute Gasteiger partial charge is 0.277 e. The summed E-state index contributed by atoms with van der Waals surface area (Å²) in [5, 5.41) is 11.2. The summed E-state index contributed by atoms with van der Waals surface area (Å²) >= 11 is 0. The second-order valence-electron chi connectivity index (χ2n) is 9.55. The molecule has 1 amide bonds. The van der Waals surface area contributed by atoms with Crippen molar-refractivity contribution in [2.24, 2.45) is 10.1 Å². The Morgan fingerprint density at radius 1 is 1.12 bits per heavy atom. The number of nitrogens with zero attached hydrogens (tertiary/aromatic N) is 5. The maximum Gasteiger partial charge on any atom is 0.277 e. The van der Waals surface area contributed by atoms with E-state index in [9.17, 15) is 17.6 Å². The Hall–Kier alpha value is -4.07. The van der Waals surface area contributed by atoms with Crippen LogP contribution in [0.5, 0.6) is 0 Å². The van der Waals surface area contributed by atoms with Gasteiger partial charge in [0.1, 0.15) is 11.5 Å². The van der Waals surface area contributed by atoms with Gasteiger partial charge in [0.25, 0.3) is 16.1 Å². The molecule has 0 unspecified atom stereocenters. The molecule has 3 aromatic rings. The average Bonchev–Trinajstić information content (AvgIpc) is 3.35. The van der Waals surface area contributed by atoms with E-state index in [4.69, 9.17) is 5.14 Å². The van der Waals surface area contributed by atoms with Crippen LogP contribution in [0.3, 0.4) is 0 Å². The van der Waals surface area contributed by atoms with Crippen LogP contribution in [-0.4, -0.2) is 61.1 Å². The monoisotopic (exact) mass is 568 g/mol. The summed E-state index contributed by atoms with van der Waals surface area (Å²) < 4.78 is 39.7. The second kappa shape index (κ2) is 12.4. The van der Waals surface area contributed by atoms with E-state index in [1.54, 1.807) is 30.6 Å². The molecule has 40 heavy (non-hydrogen) atoms. The molecule has 0 spiro atoms. The Labute approximate surface area is 233 Å². The first kappa shape index (κ1) is 28.9. The zero-order valence-electron chi connectivity index (χ0n) is 22.4. The van der Waals surface area contributed by atoms with Crippen molar-refractivity contribution in [3.8, 4) is 11.3 Å². The number of hydrogen-bond donors (Lipinski definition) is 3. The van der Waals surface area contributed by atoms with Crippen LogP contribution < -0.4 is 20.7 Å². The highest BCUT2D eigenvalue weighted by molar-refractivity contribution is 7.86. The van der Waals surface area contributed by atoms with Crippen molar-refractivity contribution in [3.63, 3.8) is 0 Å². The number of carbonyl (C=O) groups excluding carboxylic acids is 1. The van der Waals surface area contributed by atoms with Gasteiger partial charge >= 0.3 is 0 Å². The number of carbonyl (C=O) groups is 1. The van der Waals surface area contributed by atoms with Gasteiger partial charge in [-0.1, -0.05) is 0 Å². The second-order valence-corrected chi connectivity index (χ2v) is 11.1. The number of aromatic nitrogens is 2. The number of benzene rings is 2. The highest BCUT2D eigenvalue weighted by Gasteiger charge is 2.24. The first-order valence-corrected chi connectivity index (χ1v) is 14.2. The fourth-order valence-corrected chi connectivity index (χ4v) is 5.11. The molecule has 0 radical (unpaired) electrons. The number of nitrogens with one attached hydrogen (secondary N) is 2. The van der Waals surface area contributed by atoms with Gasteiger partial charge in [0.15, 0.2) is 0 Å². The van der Waals surface area contributed by atoms with Gasteiger partial charge in [0.05, 0.1) is 24.3 Å². The number of rotatable bonds is 10. The molecule has 11 nitrogen and oxygen atoms in total. The van der Waals surface area contributed by atoms with E-state index >= 15 is 0 Å². The van der Waals surface area contributed by atoms with E-state index in [-0.39, 0.29) is 17.6 Å². The lowest BCUT2D eigenvalue weighted by Crippen LogP contribution is -2.50. The van der Waals surface area contributed by atoms with Crippen molar-refractivity contribution in [2.45, 2.75) is 26.4 Å². The molecule has 1 fully saturated rings. The minimum Gasteiger partial charge on any atom is -0.383 e. The molecule has 0 saturated carbocycles. The van der Waals surface area contributed by atoms with Crippen LogP contribution in [0.15, 0.2) is 71.7 Å². The Morgan fingerprint density at radius 3 is 2.35 bits per heavy atom. The van der Waals surface area contributed by atoms with E-state index in [2.05, 4.69) is 32.2 Å². The van der Waals surface area contributed by atoms with Gasteiger partial charge in [-0.15, -0.1) is 0 Å². The van der Waals surface area contributed by atoms with E-state index in [0.717, 1.165) is 22.6 Å². The van der Waals surface area contributed by atoms with Crippen molar-refractivity contribution in [1.29, 1.82) is 0 Å². The third-order valence-electron chi connectivity index (χ3n) is 6.57. The Balaban J connectivity index is 1.39. The molecule has 4 N–H and O–H groups in total. The SMILES string of the molecule is C=N/C(=C\NCc1c(-c2ccc(F)cc2)ncn1C(C)C)C(=O)Nc1ccc(N2CCN(S(N)(=O)=O)CC2)cc1. The summed E-state index contributed by atoms with van der Waals surface area (Å²) in [6.45, 7) is 9.60. The van der Waals surface area contributed by atoms with Crippen LogP contribution in [0.2, 0.25) is 0 Å². The van der Waals surface area contributed by atoms with Crippen LogP contribution in [0, 0.1) is 5.82 Å². The Morgan fingerprint density at radius 2 is 1.77 bits per heavy atom. The predicted molar refractivity (Wildman–Crippen MR) is 154 cm³/mol. The molecule has 2 heterocycles. The molecule has 1 aliphatic heterocycles. The minimum atomic E-state index is -3.69. The van der Waals surface area contributed by atoms with Crippen molar-refractivity contribution in [2.75, 3.05) is 36.4 Å². The number of amides is 1. The number of hydrogen-bond acceptors (Lipinski definition) is 7. The summed E-state index contributed by atoms with van der Waals surface area (Å²) in [6.07, 6.45) is 3.24. The highest BCUT2D eigenvalue weighted by atomic mass is 32.2. The van der Waals surface area contributed by atoms with Crippen molar-refractivity contribution >= 4 is 34.2 Å². The van der Waals surface area contributed by atoms with E-state index in [1.165, 1.54) is 22.6 Å². The minimum absolute atomic E-state index is 0.0992. The van der Waals surface area contributed by atoms with Crippen LogP contribution in [0.25, 0.3) is 11.3 Å². The number of imidazole rings is 1. The van der Waals surface area contributed by atoms with Gasteiger partial charge < -0.3 is 20.1 Å². The number of piperazine rings is 1. The van der Waals surface area contributed by atoms with Crippen LogP contribution in [0.1, 0.15) is 25.6 Å². The van der Waals surface area contributed by atoms with Crippen LogP contribution in [-0.2, 0) is 21.5 Å². The number of halogens is 1. The van der Waals surface area contributed by atoms with Crippen LogP contribution in [0.4, 0.5) is 15.8 Å². The molecule has 1 saturated heterocycles. The number of nitrogens with two attached hydrogens (primary N) is 1. The van der Waals surface area contributed by atoms with Gasteiger partial charge in [-0.2, -0.15) is 12.7 Å². The molecule has 0 bridgehead atoms. The quantitative estimate of drug-likeness (QED) is 0.254. The summed E-state index contributed by atoms with van der Waals surface area (Å²) in [6, 6.07) is 13.5. The molecule has 1 aliphatic rings. The maximum atomic E-state index is 13.4. The molecule has 0 atom stereocenters. The molecule has 1 aromatic heterocycles. The summed E-state index contributed by atoms with van der Waals surface area (Å²) in [5.41, 5.74) is 3.96. The lowest BCUT2D eigenvalue weighted by molar-refractivity contribution is -0.112. The topological polar surface area (TPSA) is 138 Å². The first-order chi connectivity index (χ1) is 19.1. The molecular weight excluding hydrogens is 535 g/mol. The molecule has 13 heteroatoms. The normalized spacial score (nSPS) is 14.8. The van der Waals surface area contributed by atoms with Crippen LogP contribution >= 0.6 is 0 Å². The molecule has 2 aromatic carbocycles.